The van der Waals surface area contributed by atoms with Crippen LogP contribution >= 0.6 is 0 Å². The Balaban J connectivity index is 2.02. The molecule has 2 aromatic rings. The topological polar surface area (TPSA) is 67.4 Å². The molecule has 0 saturated heterocycles. The van der Waals surface area contributed by atoms with Gasteiger partial charge in [-0.3, -0.25) is 9.59 Å². The Morgan fingerprint density at radius 2 is 1.88 bits per heavy atom. The van der Waals surface area contributed by atoms with Crippen LogP contribution in [0.3, 0.4) is 0 Å². The molecule has 0 fully saturated rings. The predicted octanol–water partition coefficient (Wildman–Crippen LogP) is 3.57. The minimum Gasteiger partial charge on any atom is -0.489 e. The minimum absolute atomic E-state index is 0.248. The predicted molar refractivity (Wildman–Crippen MR) is 98.4 cm³/mol. The lowest BCUT2D eigenvalue weighted by molar-refractivity contribution is -0.128. The number of carbonyl (C=O) groups is 2. The number of carbonyl (C=O) groups excluding carboxylic acids is 2. The maximum absolute atomic E-state index is 13.2. The van der Waals surface area contributed by atoms with Crippen LogP contribution in [0.25, 0.3) is 0 Å². The third kappa shape index (κ3) is 5.31. The number of aryl methyl sites for hydroxylation is 1. The van der Waals surface area contributed by atoms with Gasteiger partial charge in [0.1, 0.15) is 23.7 Å². The molecule has 0 bridgehead atoms. The first-order valence-corrected chi connectivity index (χ1v) is 8.25. The van der Waals surface area contributed by atoms with Crippen LogP contribution in [0.2, 0.25) is 0 Å². The highest BCUT2D eigenvalue weighted by atomic mass is 19.1. The van der Waals surface area contributed by atoms with E-state index in [-0.39, 0.29) is 24.2 Å². The van der Waals surface area contributed by atoms with Crippen molar-refractivity contribution in [3.05, 3.63) is 59.4 Å². The molecular formula is C20H23FN2O3. The van der Waals surface area contributed by atoms with Crippen molar-refractivity contribution in [1.82, 2.24) is 5.32 Å². The molecule has 0 aliphatic rings. The number of hydrogen-bond donors (Lipinski definition) is 2. The van der Waals surface area contributed by atoms with Gasteiger partial charge in [0.2, 0.25) is 11.8 Å². The van der Waals surface area contributed by atoms with Gasteiger partial charge in [-0.2, -0.15) is 0 Å². The average molecular weight is 358 g/mol. The number of halogens is 1. The van der Waals surface area contributed by atoms with Crippen LogP contribution in [0.1, 0.15) is 31.9 Å². The fourth-order valence-electron chi connectivity index (χ4n) is 2.44. The molecule has 0 radical (unpaired) electrons. The van der Waals surface area contributed by atoms with Gasteiger partial charge in [0.15, 0.2) is 0 Å². The number of nitrogens with one attached hydrogen (secondary N) is 2. The molecule has 2 amide bonds. The van der Waals surface area contributed by atoms with Crippen LogP contribution in [0.4, 0.5) is 10.1 Å². The van der Waals surface area contributed by atoms with E-state index in [0.29, 0.717) is 11.4 Å². The first kappa shape index (κ1) is 19.4. The smallest absolute Gasteiger partial charge is 0.249 e. The fourth-order valence-corrected chi connectivity index (χ4v) is 2.44. The quantitative estimate of drug-likeness (QED) is 0.830. The Labute approximate surface area is 152 Å². The first-order valence-electron chi connectivity index (χ1n) is 8.25. The molecule has 26 heavy (non-hydrogen) atoms. The highest BCUT2D eigenvalue weighted by Crippen LogP contribution is 2.23. The molecule has 0 aromatic heterocycles. The van der Waals surface area contributed by atoms with E-state index >= 15 is 0 Å². The van der Waals surface area contributed by atoms with Crippen LogP contribution in [0.15, 0.2) is 42.5 Å². The standard InChI is InChI=1S/C20H23FN2O3/c1-13-10-17(26-12-15-6-5-7-16(21)11-15)8-9-18(13)22-19(25)20(3,4)23-14(2)24/h5-11H,12H2,1-4H3,(H,22,25)(H,23,24). The number of hydrogen-bond acceptors (Lipinski definition) is 3. The summed E-state index contributed by atoms with van der Waals surface area (Å²) in [5.41, 5.74) is 1.16. The Morgan fingerprint density at radius 1 is 1.15 bits per heavy atom. The lowest BCUT2D eigenvalue weighted by Gasteiger charge is -2.25. The van der Waals surface area contributed by atoms with Gasteiger partial charge >= 0.3 is 0 Å². The molecule has 2 aromatic carbocycles. The van der Waals surface area contributed by atoms with Crippen LogP contribution in [-0.2, 0) is 16.2 Å². The molecule has 2 rings (SSSR count). The van der Waals surface area contributed by atoms with Crippen molar-refractivity contribution in [3.8, 4) is 5.75 Å². The number of ether oxygens (including phenoxy) is 1. The maximum Gasteiger partial charge on any atom is 0.249 e. The molecule has 0 aliphatic carbocycles. The van der Waals surface area contributed by atoms with E-state index in [4.69, 9.17) is 4.74 Å². The Hall–Kier alpha value is -2.89. The summed E-state index contributed by atoms with van der Waals surface area (Å²) < 4.78 is 18.9. The molecule has 0 saturated carbocycles. The molecule has 0 unspecified atom stereocenters. The third-order valence-corrected chi connectivity index (χ3v) is 3.80. The van der Waals surface area contributed by atoms with Gasteiger partial charge in [-0.05, 0) is 62.2 Å². The van der Waals surface area contributed by atoms with E-state index in [1.165, 1.54) is 19.1 Å². The Morgan fingerprint density at radius 3 is 2.50 bits per heavy atom. The van der Waals surface area contributed by atoms with E-state index in [0.717, 1.165) is 11.1 Å². The van der Waals surface area contributed by atoms with Crippen LogP contribution in [-0.4, -0.2) is 17.4 Å². The zero-order chi connectivity index (χ0) is 19.3. The highest BCUT2D eigenvalue weighted by Gasteiger charge is 2.28. The molecule has 138 valence electrons. The van der Waals surface area contributed by atoms with Gasteiger partial charge < -0.3 is 15.4 Å². The SMILES string of the molecule is CC(=O)NC(C)(C)C(=O)Nc1ccc(OCc2cccc(F)c2)cc1C. The second-order valence-electron chi connectivity index (χ2n) is 6.66. The lowest BCUT2D eigenvalue weighted by atomic mass is 10.0. The average Bonchev–Trinajstić information content (AvgIpc) is 2.54. The Bertz CT molecular complexity index is 818. The highest BCUT2D eigenvalue weighted by molar-refractivity contribution is 6.00. The summed E-state index contributed by atoms with van der Waals surface area (Å²) in [6.07, 6.45) is 0. The van der Waals surface area contributed by atoms with Crippen LogP contribution in [0.5, 0.6) is 5.75 Å². The largest absolute Gasteiger partial charge is 0.489 e. The number of anilines is 1. The second kappa shape index (κ2) is 7.99. The minimum atomic E-state index is -1.02. The Kier molecular flexibility index (Phi) is 5.97. The molecule has 0 atom stereocenters. The summed E-state index contributed by atoms with van der Waals surface area (Å²) in [5, 5.41) is 5.41. The van der Waals surface area contributed by atoms with Crippen LogP contribution in [0, 0.1) is 12.7 Å². The second-order valence-corrected chi connectivity index (χ2v) is 6.66. The lowest BCUT2D eigenvalue weighted by Crippen LogP contribution is -2.51. The summed E-state index contributed by atoms with van der Waals surface area (Å²) >= 11 is 0. The van der Waals surface area contributed by atoms with E-state index in [2.05, 4.69) is 10.6 Å². The van der Waals surface area contributed by atoms with Crippen molar-refractivity contribution < 1.29 is 18.7 Å². The number of amides is 2. The van der Waals surface area contributed by atoms with Gasteiger partial charge in [0.25, 0.3) is 0 Å². The summed E-state index contributed by atoms with van der Waals surface area (Å²) in [6.45, 7) is 6.73. The number of benzene rings is 2. The molecule has 0 aliphatic heterocycles. The van der Waals surface area contributed by atoms with Gasteiger partial charge in [0.05, 0.1) is 0 Å². The zero-order valence-corrected chi connectivity index (χ0v) is 15.4. The van der Waals surface area contributed by atoms with E-state index in [1.807, 2.05) is 6.92 Å². The molecule has 6 heteroatoms. The van der Waals surface area contributed by atoms with Gasteiger partial charge in [0, 0.05) is 12.6 Å². The summed E-state index contributed by atoms with van der Waals surface area (Å²) in [5.74, 6) is -0.278. The summed E-state index contributed by atoms with van der Waals surface area (Å²) in [7, 11) is 0. The maximum atomic E-state index is 13.2. The first-order chi connectivity index (χ1) is 12.2. The van der Waals surface area contributed by atoms with Gasteiger partial charge in [-0.1, -0.05) is 12.1 Å². The molecule has 2 N–H and O–H groups in total. The number of rotatable bonds is 6. The monoisotopic (exact) mass is 358 g/mol. The van der Waals surface area contributed by atoms with Crippen molar-refractivity contribution in [2.24, 2.45) is 0 Å². The summed E-state index contributed by atoms with van der Waals surface area (Å²) in [4.78, 5) is 23.6. The molecule has 0 heterocycles. The van der Waals surface area contributed by atoms with E-state index in [9.17, 15) is 14.0 Å². The van der Waals surface area contributed by atoms with Gasteiger partial charge in [-0.25, -0.2) is 4.39 Å². The van der Waals surface area contributed by atoms with Crippen molar-refractivity contribution >= 4 is 17.5 Å². The van der Waals surface area contributed by atoms with Crippen molar-refractivity contribution in [3.63, 3.8) is 0 Å². The zero-order valence-electron chi connectivity index (χ0n) is 15.4. The molecular weight excluding hydrogens is 335 g/mol. The summed E-state index contributed by atoms with van der Waals surface area (Å²) in [6, 6.07) is 11.5. The third-order valence-electron chi connectivity index (χ3n) is 3.80. The van der Waals surface area contributed by atoms with E-state index < -0.39 is 5.54 Å². The van der Waals surface area contributed by atoms with Crippen molar-refractivity contribution in [2.45, 2.75) is 39.8 Å². The van der Waals surface area contributed by atoms with Crippen molar-refractivity contribution in [1.29, 1.82) is 0 Å². The van der Waals surface area contributed by atoms with Crippen molar-refractivity contribution in [2.75, 3.05) is 5.32 Å². The fraction of sp³-hybridized carbons (Fsp3) is 0.300. The van der Waals surface area contributed by atoms with E-state index in [1.54, 1.807) is 44.2 Å². The molecule has 0 spiro atoms. The normalized spacial score (nSPS) is 11.0. The van der Waals surface area contributed by atoms with Gasteiger partial charge in [-0.15, -0.1) is 0 Å². The van der Waals surface area contributed by atoms with Crippen LogP contribution < -0.4 is 15.4 Å². The molecule has 5 nitrogen and oxygen atoms in total.